The van der Waals surface area contributed by atoms with Gasteiger partial charge in [0.15, 0.2) is 0 Å². The molecule has 0 aromatic carbocycles. The van der Waals surface area contributed by atoms with Crippen LogP contribution in [0.25, 0.3) is 0 Å². The lowest BCUT2D eigenvalue weighted by Gasteiger charge is -2.34. The molecule has 2 rings (SSSR count). The van der Waals surface area contributed by atoms with E-state index in [2.05, 4.69) is 41.5 Å². The highest BCUT2D eigenvalue weighted by Gasteiger charge is 2.76. The third-order valence-corrected chi connectivity index (χ3v) is 6.17. The van der Waals surface area contributed by atoms with Gasteiger partial charge in [0.25, 0.3) is 0 Å². The quantitative estimate of drug-likeness (QED) is 0.514. The van der Waals surface area contributed by atoms with Crippen molar-refractivity contribution in [2.45, 2.75) is 48.0 Å². The van der Waals surface area contributed by atoms with E-state index in [1.165, 1.54) is 6.42 Å². The Balaban J connectivity index is 2.44. The van der Waals surface area contributed by atoms with Crippen LogP contribution in [0.2, 0.25) is 0 Å². The zero-order chi connectivity index (χ0) is 9.36. The Hall–Kier alpha value is 0. The second-order valence-corrected chi connectivity index (χ2v) is 6.23. The first-order chi connectivity index (χ1) is 5.27. The number of hydrogen-bond donors (Lipinski definition) is 0. The molecule has 0 heteroatoms. The van der Waals surface area contributed by atoms with Crippen molar-refractivity contribution >= 4 is 0 Å². The van der Waals surface area contributed by atoms with Crippen molar-refractivity contribution in [3.63, 3.8) is 0 Å². The fourth-order valence-electron chi connectivity index (χ4n) is 4.00. The molecular formula is C12H22. The monoisotopic (exact) mass is 166 g/mol. The lowest BCUT2D eigenvalue weighted by atomic mass is 9.71. The molecule has 2 aliphatic carbocycles. The molecule has 4 unspecified atom stereocenters. The fraction of sp³-hybridized carbons (Fsp3) is 1.00. The smallest absolute Gasteiger partial charge is 0.0210 e. The van der Waals surface area contributed by atoms with Crippen LogP contribution in [-0.4, -0.2) is 0 Å². The molecule has 0 spiro atoms. The summed E-state index contributed by atoms with van der Waals surface area (Å²) in [6.45, 7) is 14.8. The molecule has 0 bridgehead atoms. The summed E-state index contributed by atoms with van der Waals surface area (Å²) in [6.07, 6.45) is 1.46. The van der Waals surface area contributed by atoms with E-state index >= 15 is 0 Å². The van der Waals surface area contributed by atoms with Gasteiger partial charge in [0, 0.05) is 0 Å². The van der Waals surface area contributed by atoms with Crippen molar-refractivity contribution in [3.8, 4) is 0 Å². The van der Waals surface area contributed by atoms with Crippen LogP contribution in [-0.2, 0) is 0 Å². The lowest BCUT2D eigenvalue weighted by molar-refractivity contribution is 0.144. The number of hydrogen-bond acceptors (Lipinski definition) is 0. The Bertz CT molecular complexity index is 223. The van der Waals surface area contributed by atoms with E-state index in [0.717, 1.165) is 11.8 Å². The van der Waals surface area contributed by atoms with Crippen molar-refractivity contribution in [3.05, 3.63) is 0 Å². The number of fused-ring (bicyclic) bond motifs is 1. The Morgan fingerprint density at radius 1 is 0.917 bits per heavy atom. The summed E-state index contributed by atoms with van der Waals surface area (Å²) in [5.74, 6) is 1.80. The number of rotatable bonds is 0. The lowest BCUT2D eigenvalue weighted by Crippen LogP contribution is -2.27. The van der Waals surface area contributed by atoms with Crippen LogP contribution in [0.5, 0.6) is 0 Å². The molecule has 70 valence electrons. The largest absolute Gasteiger partial charge is 0.0617 e. The van der Waals surface area contributed by atoms with Gasteiger partial charge in [-0.2, -0.15) is 0 Å². The highest BCUT2D eigenvalue weighted by atomic mass is 14.8. The zero-order valence-electron chi connectivity index (χ0n) is 9.36. The van der Waals surface area contributed by atoms with E-state index in [0.29, 0.717) is 16.2 Å². The molecule has 0 nitrogen and oxygen atoms in total. The molecule has 0 aliphatic heterocycles. The van der Waals surface area contributed by atoms with Crippen LogP contribution in [0.1, 0.15) is 48.0 Å². The second-order valence-electron chi connectivity index (χ2n) is 6.23. The van der Waals surface area contributed by atoms with Gasteiger partial charge in [0.05, 0.1) is 0 Å². The average Bonchev–Trinajstić information content (AvgIpc) is 2.51. The highest BCUT2D eigenvalue weighted by molar-refractivity contribution is 5.24. The summed E-state index contributed by atoms with van der Waals surface area (Å²) >= 11 is 0. The summed E-state index contributed by atoms with van der Waals surface area (Å²) in [7, 11) is 0. The van der Waals surface area contributed by atoms with Gasteiger partial charge in [-0.25, -0.2) is 0 Å². The van der Waals surface area contributed by atoms with Gasteiger partial charge in [0.2, 0.25) is 0 Å². The molecule has 0 aromatic heterocycles. The maximum atomic E-state index is 2.49. The minimum Gasteiger partial charge on any atom is -0.0617 e. The van der Waals surface area contributed by atoms with Gasteiger partial charge in [-0.05, 0) is 34.5 Å². The van der Waals surface area contributed by atoms with Crippen molar-refractivity contribution < 1.29 is 0 Å². The molecular weight excluding hydrogens is 144 g/mol. The molecule has 2 saturated carbocycles. The maximum absolute atomic E-state index is 2.49. The molecule has 4 atom stereocenters. The summed E-state index contributed by atoms with van der Waals surface area (Å²) < 4.78 is 0. The molecule has 0 N–H and O–H groups in total. The van der Waals surface area contributed by atoms with Gasteiger partial charge in [-0.1, -0.05) is 41.5 Å². The van der Waals surface area contributed by atoms with Gasteiger partial charge in [-0.15, -0.1) is 0 Å². The third kappa shape index (κ3) is 0.561. The predicted molar refractivity (Wildman–Crippen MR) is 52.9 cm³/mol. The van der Waals surface area contributed by atoms with Crippen molar-refractivity contribution in [2.24, 2.45) is 28.1 Å². The summed E-state index contributed by atoms with van der Waals surface area (Å²) in [5, 5.41) is 0. The molecule has 12 heavy (non-hydrogen) atoms. The van der Waals surface area contributed by atoms with E-state index in [4.69, 9.17) is 0 Å². The Morgan fingerprint density at radius 2 is 1.42 bits per heavy atom. The predicted octanol–water partition coefficient (Wildman–Crippen LogP) is 3.71. The normalized spacial score (nSPS) is 61.5. The van der Waals surface area contributed by atoms with E-state index in [1.54, 1.807) is 0 Å². The van der Waals surface area contributed by atoms with Crippen LogP contribution < -0.4 is 0 Å². The molecule has 2 aliphatic rings. The topological polar surface area (TPSA) is 0 Å². The van der Waals surface area contributed by atoms with E-state index in [1.807, 2.05) is 0 Å². The van der Waals surface area contributed by atoms with Crippen LogP contribution in [0.15, 0.2) is 0 Å². The molecule has 0 radical (unpaired) electrons. The summed E-state index contributed by atoms with van der Waals surface area (Å²) in [6, 6.07) is 0. The first-order valence-corrected chi connectivity index (χ1v) is 5.27. The van der Waals surface area contributed by atoms with Crippen LogP contribution in [0.4, 0.5) is 0 Å². The maximum Gasteiger partial charge on any atom is -0.0210 e. The molecule has 2 fully saturated rings. The van der Waals surface area contributed by atoms with Gasteiger partial charge in [0.1, 0.15) is 0 Å². The Labute approximate surface area is 76.7 Å². The Morgan fingerprint density at radius 3 is 1.58 bits per heavy atom. The first-order valence-electron chi connectivity index (χ1n) is 5.27. The van der Waals surface area contributed by atoms with Gasteiger partial charge >= 0.3 is 0 Å². The van der Waals surface area contributed by atoms with E-state index in [-0.39, 0.29) is 0 Å². The molecule has 0 amide bonds. The average molecular weight is 166 g/mol. The van der Waals surface area contributed by atoms with E-state index < -0.39 is 0 Å². The fourth-order valence-corrected chi connectivity index (χ4v) is 4.00. The highest BCUT2D eigenvalue weighted by Crippen LogP contribution is 2.83. The van der Waals surface area contributed by atoms with Crippen LogP contribution in [0, 0.1) is 28.1 Å². The van der Waals surface area contributed by atoms with Crippen LogP contribution in [0.3, 0.4) is 0 Å². The summed E-state index contributed by atoms with van der Waals surface area (Å²) in [4.78, 5) is 0. The SMILES string of the molecule is CC1C(C)C2(C)CC2(C)C1(C)C. The zero-order valence-corrected chi connectivity index (χ0v) is 9.36. The minimum absolute atomic E-state index is 0.557. The van der Waals surface area contributed by atoms with Crippen molar-refractivity contribution in [1.29, 1.82) is 0 Å². The molecule has 0 saturated heterocycles. The summed E-state index contributed by atoms with van der Waals surface area (Å²) in [5.41, 5.74) is 1.86. The second kappa shape index (κ2) is 1.76. The van der Waals surface area contributed by atoms with Crippen molar-refractivity contribution in [1.82, 2.24) is 0 Å². The first kappa shape index (κ1) is 8.59. The van der Waals surface area contributed by atoms with Gasteiger partial charge < -0.3 is 0 Å². The minimum atomic E-state index is 0.557. The molecule has 0 heterocycles. The van der Waals surface area contributed by atoms with Crippen LogP contribution >= 0.6 is 0 Å². The third-order valence-electron chi connectivity index (χ3n) is 6.17. The van der Waals surface area contributed by atoms with Gasteiger partial charge in [-0.3, -0.25) is 0 Å². The molecule has 0 aromatic rings. The Kier molecular flexibility index (Phi) is 1.26. The van der Waals surface area contributed by atoms with Crippen molar-refractivity contribution in [2.75, 3.05) is 0 Å². The standard InChI is InChI=1S/C12H22/c1-8-9(2)11(5)7-12(11,6)10(8,3)4/h8-9H,7H2,1-6H3. The van der Waals surface area contributed by atoms with E-state index in [9.17, 15) is 0 Å².